The van der Waals surface area contributed by atoms with E-state index in [1.807, 2.05) is 0 Å². The lowest BCUT2D eigenvalue weighted by Crippen LogP contribution is -1.64. The smallest absolute Gasteiger partial charge is 0.0605 e. The van der Waals surface area contributed by atoms with Crippen molar-refractivity contribution in [1.29, 1.82) is 0 Å². The summed E-state index contributed by atoms with van der Waals surface area (Å²) in [7, 11) is 0. The number of allylic oxidation sites excluding steroid dienone is 1. The van der Waals surface area contributed by atoms with Crippen LogP contribution in [0.4, 0.5) is 0 Å². The molecule has 0 unspecified atom stereocenters. The molecular weight excluding hydrogens is 108 g/mol. The van der Waals surface area contributed by atoms with E-state index in [0.717, 1.165) is 6.42 Å². The van der Waals surface area contributed by atoms with Crippen LogP contribution in [-0.2, 0) is 0 Å². The van der Waals surface area contributed by atoms with Gasteiger partial charge in [-0.2, -0.15) is 0 Å². The number of hydrogen-bond donors (Lipinski definition) is 0. The highest BCUT2D eigenvalue weighted by Gasteiger charge is 2.11. The number of hydrogen-bond acceptors (Lipinski definition) is 3. The zero-order chi connectivity index (χ0) is 5.11. The molecule has 1 aliphatic rings. The van der Waals surface area contributed by atoms with Crippen LogP contribution in [0.1, 0.15) is 13.3 Å². The Morgan fingerprint density at radius 2 is 2.86 bits per heavy atom. The van der Waals surface area contributed by atoms with E-state index < -0.39 is 0 Å². The van der Waals surface area contributed by atoms with Gasteiger partial charge in [-0.3, -0.25) is 0 Å². The Morgan fingerprint density at radius 3 is 3.14 bits per heavy atom. The Hall–Kier alpha value is -0.310. The molecule has 1 rings (SSSR count). The number of rotatable bonds is 1. The fourth-order valence-electron chi connectivity index (χ4n) is 0.343. The molecule has 0 aromatic rings. The summed E-state index contributed by atoms with van der Waals surface area (Å²) in [6.45, 7) is 2.09. The highest BCUT2D eigenvalue weighted by atomic mass is 32.2. The predicted octanol–water partition coefficient (Wildman–Crippen LogP) is 1.69. The fraction of sp³-hybridized carbons (Fsp3) is 0.500. The lowest BCUT2D eigenvalue weighted by atomic mass is 10.5. The maximum atomic E-state index is 3.68. The minimum Gasteiger partial charge on any atom is -0.0605 e. The van der Waals surface area contributed by atoms with Crippen LogP contribution < -0.4 is 4.52 Å². The molecule has 2 nitrogen and oxygen atoms in total. The normalized spacial score (nSPS) is 17.6. The van der Waals surface area contributed by atoms with E-state index in [1.54, 1.807) is 6.20 Å². The summed E-state index contributed by atoms with van der Waals surface area (Å²) in [5.41, 5.74) is 0. The van der Waals surface area contributed by atoms with Crippen LogP contribution in [0.3, 0.4) is 0 Å². The van der Waals surface area contributed by atoms with Gasteiger partial charge in [-0.05, 0) is 6.42 Å². The molecule has 7 heavy (non-hydrogen) atoms. The Morgan fingerprint density at radius 1 is 2.00 bits per heavy atom. The van der Waals surface area contributed by atoms with Gasteiger partial charge in [0.1, 0.15) is 6.20 Å². The second-order valence-corrected chi connectivity index (χ2v) is 2.11. The first-order valence-electron chi connectivity index (χ1n) is 2.19. The summed E-state index contributed by atoms with van der Waals surface area (Å²) in [6.07, 6.45) is 2.85. The van der Waals surface area contributed by atoms with Crippen LogP contribution in [0.15, 0.2) is 16.2 Å². The molecule has 0 saturated carbocycles. The van der Waals surface area contributed by atoms with E-state index in [4.69, 9.17) is 0 Å². The number of nitrogens with zero attached hydrogens (tertiary/aromatic N) is 2. The van der Waals surface area contributed by atoms with Crippen LogP contribution in [0.5, 0.6) is 0 Å². The third-order valence-corrected chi connectivity index (χ3v) is 1.56. The molecule has 0 bridgehead atoms. The molecular formula is C4H6N2S+. The Bertz CT molecular complexity index is 117. The average Bonchev–Trinajstić information content (AvgIpc) is 2.14. The lowest BCUT2D eigenvalue weighted by Gasteiger charge is -1.74. The molecule has 0 aliphatic carbocycles. The summed E-state index contributed by atoms with van der Waals surface area (Å²) in [6, 6.07) is 0. The van der Waals surface area contributed by atoms with Gasteiger partial charge in [-0.1, -0.05) is 6.92 Å². The molecule has 0 atom stereocenters. The molecule has 0 saturated heterocycles. The quantitative estimate of drug-likeness (QED) is 0.476. The summed E-state index contributed by atoms with van der Waals surface area (Å²) in [5, 5.41) is 3.66. The van der Waals surface area contributed by atoms with Gasteiger partial charge in [-0.15, -0.1) is 0 Å². The minimum absolute atomic E-state index is 1.05. The van der Waals surface area contributed by atoms with Crippen molar-refractivity contribution < 1.29 is 0 Å². The van der Waals surface area contributed by atoms with Crippen molar-refractivity contribution >= 4 is 11.9 Å². The Balaban J connectivity index is 2.45. The minimum atomic E-state index is 1.05. The molecule has 0 fully saturated rings. The van der Waals surface area contributed by atoms with Gasteiger partial charge in [0.2, 0.25) is 0 Å². The molecule has 0 N–H and O–H groups in total. The molecule has 0 aromatic heterocycles. The van der Waals surface area contributed by atoms with Gasteiger partial charge in [-0.25, -0.2) is 0 Å². The zero-order valence-electron chi connectivity index (χ0n) is 4.09. The summed E-state index contributed by atoms with van der Waals surface area (Å²) in [5.74, 6) is 0. The average molecular weight is 114 g/mol. The Labute approximate surface area is 46.8 Å². The first-order chi connectivity index (χ1) is 3.43. The van der Waals surface area contributed by atoms with Gasteiger partial charge in [0, 0.05) is 0 Å². The van der Waals surface area contributed by atoms with Crippen molar-refractivity contribution in [2.24, 2.45) is 5.11 Å². The van der Waals surface area contributed by atoms with Gasteiger partial charge in [0.05, 0.1) is 10.0 Å². The lowest BCUT2D eigenvalue weighted by molar-refractivity contribution is 1.18. The third-order valence-electron chi connectivity index (χ3n) is 0.755. The second-order valence-electron chi connectivity index (χ2n) is 1.24. The monoisotopic (exact) mass is 114 g/mol. The molecule has 3 heteroatoms. The zero-order valence-corrected chi connectivity index (χ0v) is 4.90. The van der Waals surface area contributed by atoms with Crippen LogP contribution >= 0.6 is 11.9 Å². The maximum absolute atomic E-state index is 3.68. The molecule has 1 aliphatic heterocycles. The first kappa shape index (κ1) is 4.84. The van der Waals surface area contributed by atoms with E-state index in [0.29, 0.717) is 0 Å². The van der Waals surface area contributed by atoms with E-state index in [-0.39, 0.29) is 0 Å². The van der Waals surface area contributed by atoms with Gasteiger partial charge < -0.3 is 0 Å². The third kappa shape index (κ3) is 1.03. The highest BCUT2D eigenvalue weighted by molar-refractivity contribution is 8.00. The molecule has 0 amide bonds. The first-order valence-corrected chi connectivity index (χ1v) is 2.97. The van der Waals surface area contributed by atoms with Crippen molar-refractivity contribution in [3.8, 4) is 0 Å². The summed E-state index contributed by atoms with van der Waals surface area (Å²) >= 11 is 1.46. The predicted molar refractivity (Wildman–Crippen MR) is 30.5 cm³/mol. The van der Waals surface area contributed by atoms with Gasteiger partial charge in [0.25, 0.3) is 4.52 Å². The van der Waals surface area contributed by atoms with Crippen molar-refractivity contribution in [2.45, 2.75) is 13.3 Å². The van der Waals surface area contributed by atoms with Crippen molar-refractivity contribution in [1.82, 2.24) is 4.52 Å². The van der Waals surface area contributed by atoms with Crippen molar-refractivity contribution in [3.63, 3.8) is 0 Å². The van der Waals surface area contributed by atoms with Crippen molar-refractivity contribution in [3.05, 3.63) is 11.1 Å². The standard InChI is InChI=1S/C4H6N2S/c1-2-4-3-5-6-7-4/h3H,2H2,1H3/q+1. The van der Waals surface area contributed by atoms with Gasteiger partial charge >= 0.3 is 11.9 Å². The van der Waals surface area contributed by atoms with Crippen molar-refractivity contribution in [2.75, 3.05) is 0 Å². The van der Waals surface area contributed by atoms with E-state index in [1.165, 1.54) is 16.9 Å². The SMILES string of the molecule is CCC1=CN=[N+]S1. The molecule has 37 valence electrons. The van der Waals surface area contributed by atoms with Crippen LogP contribution in [0.25, 0.3) is 0 Å². The summed E-state index contributed by atoms with van der Waals surface area (Å²) in [4.78, 5) is 1.25. The van der Waals surface area contributed by atoms with Crippen LogP contribution in [-0.4, -0.2) is 0 Å². The van der Waals surface area contributed by atoms with Crippen LogP contribution in [0.2, 0.25) is 0 Å². The molecule has 1 heterocycles. The van der Waals surface area contributed by atoms with E-state index in [2.05, 4.69) is 16.6 Å². The topological polar surface area (TPSA) is 26.5 Å². The van der Waals surface area contributed by atoms with Crippen LogP contribution in [0, 0.1) is 0 Å². The Kier molecular flexibility index (Phi) is 1.46. The summed E-state index contributed by atoms with van der Waals surface area (Å²) < 4.78 is 3.68. The largest absolute Gasteiger partial charge is 0.309 e. The molecule has 0 spiro atoms. The van der Waals surface area contributed by atoms with Gasteiger partial charge in [0.15, 0.2) is 0 Å². The highest BCUT2D eigenvalue weighted by Crippen LogP contribution is 2.18. The molecule has 1 radical (unpaired) electrons. The maximum Gasteiger partial charge on any atom is 0.309 e. The molecule has 0 aromatic carbocycles. The fourth-order valence-corrected chi connectivity index (χ4v) is 0.766. The van der Waals surface area contributed by atoms with E-state index >= 15 is 0 Å². The van der Waals surface area contributed by atoms with E-state index in [9.17, 15) is 0 Å². The second kappa shape index (κ2) is 2.12.